The first kappa shape index (κ1) is 23.7. The molecule has 5 rings (SSSR count). The van der Waals surface area contributed by atoms with Gasteiger partial charge in [0.25, 0.3) is 15.9 Å². The van der Waals surface area contributed by atoms with Crippen molar-refractivity contribution in [1.29, 1.82) is 0 Å². The zero-order valence-electron chi connectivity index (χ0n) is 19.2. The SMILES string of the molecule is Cc1ccc(S(=O)(=O)n2ccc3c(-c4ccc(CNC(=O)c5ccccc5Cl)cc4)ncnc32)cc1. The number of rotatable bonds is 6. The summed E-state index contributed by atoms with van der Waals surface area (Å²) in [7, 11) is -3.81. The van der Waals surface area contributed by atoms with Crippen LogP contribution in [0.3, 0.4) is 0 Å². The maximum Gasteiger partial charge on any atom is 0.269 e. The average Bonchev–Trinajstić information content (AvgIpc) is 3.33. The quantitative estimate of drug-likeness (QED) is 0.333. The Bertz CT molecular complexity index is 1680. The van der Waals surface area contributed by atoms with Gasteiger partial charge < -0.3 is 5.32 Å². The smallest absolute Gasteiger partial charge is 0.269 e. The summed E-state index contributed by atoms with van der Waals surface area (Å²) in [6, 6.07) is 22.8. The maximum absolute atomic E-state index is 13.2. The molecule has 9 heteroatoms. The van der Waals surface area contributed by atoms with Gasteiger partial charge in [0.2, 0.25) is 0 Å². The van der Waals surface area contributed by atoms with Gasteiger partial charge in [-0.05, 0) is 42.8 Å². The van der Waals surface area contributed by atoms with Gasteiger partial charge in [-0.15, -0.1) is 0 Å². The molecular formula is C27H21ClN4O3S. The normalized spacial score (nSPS) is 11.5. The van der Waals surface area contributed by atoms with Crippen LogP contribution in [0.5, 0.6) is 0 Å². The molecule has 0 bridgehead atoms. The summed E-state index contributed by atoms with van der Waals surface area (Å²) < 4.78 is 27.6. The summed E-state index contributed by atoms with van der Waals surface area (Å²) in [4.78, 5) is 21.3. The monoisotopic (exact) mass is 516 g/mol. The Balaban J connectivity index is 1.39. The number of halogens is 1. The van der Waals surface area contributed by atoms with Gasteiger partial charge in [-0.2, -0.15) is 0 Å². The van der Waals surface area contributed by atoms with Crippen LogP contribution in [0.1, 0.15) is 21.5 Å². The lowest BCUT2D eigenvalue weighted by atomic mass is 10.1. The standard InChI is InChI=1S/C27H21ClN4O3S/c1-18-6-12-21(13-7-18)36(34,35)32-15-14-23-25(30-17-31-26(23)32)20-10-8-19(9-11-20)16-29-27(33)22-4-2-3-5-24(22)28/h2-15,17H,16H2,1H3,(H,29,33). The summed E-state index contributed by atoms with van der Waals surface area (Å²) in [6.45, 7) is 2.23. The molecule has 0 aliphatic rings. The molecule has 0 fully saturated rings. The topological polar surface area (TPSA) is 94.0 Å². The Morgan fingerprint density at radius 2 is 1.67 bits per heavy atom. The van der Waals surface area contributed by atoms with Crippen molar-refractivity contribution in [2.24, 2.45) is 0 Å². The van der Waals surface area contributed by atoms with E-state index in [4.69, 9.17) is 11.6 Å². The number of hydrogen-bond donors (Lipinski definition) is 1. The molecule has 3 aromatic carbocycles. The number of amides is 1. The van der Waals surface area contributed by atoms with Crippen molar-refractivity contribution in [3.8, 4) is 11.3 Å². The van der Waals surface area contributed by atoms with E-state index in [1.54, 1.807) is 54.6 Å². The molecular weight excluding hydrogens is 496 g/mol. The van der Waals surface area contributed by atoms with Crippen molar-refractivity contribution < 1.29 is 13.2 Å². The van der Waals surface area contributed by atoms with Gasteiger partial charge in [-0.25, -0.2) is 22.4 Å². The van der Waals surface area contributed by atoms with Crippen LogP contribution in [0, 0.1) is 6.92 Å². The van der Waals surface area contributed by atoms with Gasteiger partial charge >= 0.3 is 0 Å². The zero-order chi connectivity index (χ0) is 25.3. The molecule has 1 N–H and O–H groups in total. The van der Waals surface area contributed by atoms with Crippen LogP contribution in [-0.4, -0.2) is 28.3 Å². The molecule has 2 heterocycles. The zero-order valence-corrected chi connectivity index (χ0v) is 20.8. The molecule has 0 saturated carbocycles. The maximum atomic E-state index is 13.2. The number of carbonyl (C=O) groups excluding carboxylic acids is 1. The van der Waals surface area contributed by atoms with E-state index in [-0.39, 0.29) is 10.8 Å². The summed E-state index contributed by atoms with van der Waals surface area (Å²) in [6.07, 6.45) is 2.85. The van der Waals surface area contributed by atoms with Crippen LogP contribution in [0.4, 0.5) is 0 Å². The molecule has 0 unspecified atom stereocenters. The molecule has 180 valence electrons. The summed E-state index contributed by atoms with van der Waals surface area (Å²) in [5, 5.41) is 3.88. The van der Waals surface area contributed by atoms with Crippen molar-refractivity contribution >= 4 is 38.6 Å². The van der Waals surface area contributed by atoms with E-state index in [2.05, 4.69) is 15.3 Å². The number of nitrogens with zero attached hydrogens (tertiary/aromatic N) is 3. The predicted octanol–water partition coefficient (Wildman–Crippen LogP) is 5.23. The third kappa shape index (κ3) is 4.48. The number of nitrogens with one attached hydrogen (secondary N) is 1. The second-order valence-electron chi connectivity index (χ2n) is 8.25. The van der Waals surface area contributed by atoms with E-state index >= 15 is 0 Å². The molecule has 0 spiro atoms. The fraction of sp³-hybridized carbons (Fsp3) is 0.0741. The summed E-state index contributed by atoms with van der Waals surface area (Å²) >= 11 is 6.10. The van der Waals surface area contributed by atoms with Gasteiger partial charge in [0.1, 0.15) is 6.33 Å². The van der Waals surface area contributed by atoms with Gasteiger partial charge in [-0.3, -0.25) is 4.79 Å². The number of aromatic nitrogens is 3. The van der Waals surface area contributed by atoms with Crippen LogP contribution in [0.2, 0.25) is 5.02 Å². The number of hydrogen-bond acceptors (Lipinski definition) is 5. The van der Waals surface area contributed by atoms with Crippen molar-refractivity contribution in [2.45, 2.75) is 18.4 Å². The Morgan fingerprint density at radius 1 is 0.944 bits per heavy atom. The fourth-order valence-electron chi connectivity index (χ4n) is 3.88. The lowest BCUT2D eigenvalue weighted by Gasteiger charge is -2.09. The van der Waals surface area contributed by atoms with E-state index in [1.165, 1.54) is 16.5 Å². The van der Waals surface area contributed by atoms with Gasteiger partial charge in [0.05, 0.1) is 21.2 Å². The molecule has 7 nitrogen and oxygen atoms in total. The predicted molar refractivity (Wildman–Crippen MR) is 139 cm³/mol. The number of carbonyl (C=O) groups is 1. The average molecular weight is 517 g/mol. The highest BCUT2D eigenvalue weighted by atomic mass is 35.5. The number of aryl methyl sites for hydroxylation is 1. The van der Waals surface area contributed by atoms with Crippen molar-refractivity contribution in [2.75, 3.05) is 0 Å². The molecule has 2 aromatic heterocycles. The van der Waals surface area contributed by atoms with Crippen LogP contribution < -0.4 is 5.32 Å². The number of fused-ring (bicyclic) bond motifs is 1. The van der Waals surface area contributed by atoms with Gasteiger partial charge in [0.15, 0.2) is 5.65 Å². The van der Waals surface area contributed by atoms with E-state index in [0.717, 1.165) is 16.7 Å². The van der Waals surface area contributed by atoms with Crippen LogP contribution in [0.15, 0.2) is 96.3 Å². The second-order valence-corrected chi connectivity index (χ2v) is 10.5. The fourth-order valence-corrected chi connectivity index (χ4v) is 5.40. The molecule has 0 aliphatic carbocycles. The highest BCUT2D eigenvalue weighted by Gasteiger charge is 2.21. The first-order chi connectivity index (χ1) is 17.3. The lowest BCUT2D eigenvalue weighted by Crippen LogP contribution is -2.23. The molecule has 0 saturated heterocycles. The van der Waals surface area contributed by atoms with Crippen LogP contribution >= 0.6 is 11.6 Å². The van der Waals surface area contributed by atoms with Gasteiger partial charge in [-0.1, -0.05) is 65.7 Å². The molecule has 1 amide bonds. The Hall–Kier alpha value is -4.01. The first-order valence-corrected chi connectivity index (χ1v) is 12.9. The van der Waals surface area contributed by atoms with E-state index in [1.807, 2.05) is 31.2 Å². The molecule has 5 aromatic rings. The van der Waals surface area contributed by atoms with Crippen molar-refractivity contribution in [3.63, 3.8) is 0 Å². The van der Waals surface area contributed by atoms with E-state index in [9.17, 15) is 13.2 Å². The first-order valence-electron chi connectivity index (χ1n) is 11.1. The lowest BCUT2D eigenvalue weighted by molar-refractivity contribution is 0.0951. The minimum Gasteiger partial charge on any atom is -0.348 e. The Labute approximate surface area is 213 Å². The van der Waals surface area contributed by atoms with Crippen molar-refractivity contribution in [3.05, 3.63) is 113 Å². The molecule has 0 radical (unpaired) electrons. The minimum atomic E-state index is -3.81. The molecule has 0 atom stereocenters. The molecule has 0 aliphatic heterocycles. The van der Waals surface area contributed by atoms with E-state index < -0.39 is 10.0 Å². The molecule has 36 heavy (non-hydrogen) atoms. The Morgan fingerprint density at radius 3 is 2.39 bits per heavy atom. The highest BCUT2D eigenvalue weighted by molar-refractivity contribution is 7.90. The Kier molecular flexibility index (Phi) is 6.30. The second kappa shape index (κ2) is 9.56. The van der Waals surface area contributed by atoms with E-state index in [0.29, 0.717) is 33.9 Å². The number of benzene rings is 3. The third-order valence-corrected chi connectivity index (χ3v) is 7.83. The minimum absolute atomic E-state index is 0.189. The summed E-state index contributed by atoms with van der Waals surface area (Å²) in [5.41, 5.74) is 4.01. The van der Waals surface area contributed by atoms with Crippen molar-refractivity contribution in [1.82, 2.24) is 19.3 Å². The van der Waals surface area contributed by atoms with Crippen LogP contribution in [0.25, 0.3) is 22.3 Å². The third-order valence-electron chi connectivity index (χ3n) is 5.82. The summed E-state index contributed by atoms with van der Waals surface area (Å²) in [5.74, 6) is -0.252. The van der Waals surface area contributed by atoms with Gasteiger partial charge in [0, 0.05) is 23.7 Å². The highest BCUT2D eigenvalue weighted by Crippen LogP contribution is 2.28. The largest absolute Gasteiger partial charge is 0.348 e. The van der Waals surface area contributed by atoms with Crippen LogP contribution in [-0.2, 0) is 16.6 Å².